The van der Waals surface area contributed by atoms with Gasteiger partial charge in [0, 0.05) is 17.0 Å². The predicted octanol–water partition coefficient (Wildman–Crippen LogP) is 3.81. The fraction of sp³-hybridized carbons (Fsp3) is 0.0769. The monoisotopic (exact) mass is 265 g/mol. The fourth-order valence-electron chi connectivity index (χ4n) is 1.94. The molecule has 0 aliphatic heterocycles. The first-order valence-corrected chi connectivity index (χ1v) is 5.34. The van der Waals surface area contributed by atoms with E-state index < -0.39 is 11.7 Å². The van der Waals surface area contributed by atoms with Crippen molar-refractivity contribution >= 4 is 28.2 Å². The van der Waals surface area contributed by atoms with Crippen LogP contribution in [0.15, 0.2) is 34.9 Å². The molecule has 6 heteroatoms. The van der Waals surface area contributed by atoms with Crippen molar-refractivity contribution in [1.29, 1.82) is 0 Å². The number of hydrogen-bond donors (Lipinski definition) is 0. The first-order chi connectivity index (χ1) is 8.99. The Kier molecular flexibility index (Phi) is 2.35. The number of halogens is 3. The van der Waals surface area contributed by atoms with Crippen molar-refractivity contribution in [3.63, 3.8) is 0 Å². The van der Waals surface area contributed by atoms with Gasteiger partial charge in [0.1, 0.15) is 5.58 Å². The lowest BCUT2D eigenvalue weighted by atomic mass is 10.1. The Morgan fingerprint density at radius 3 is 2.68 bits per heavy atom. The summed E-state index contributed by atoms with van der Waals surface area (Å²) in [5.74, 6) is 0.115. The smallest absolute Gasteiger partial charge is 0.416 e. The summed E-state index contributed by atoms with van der Waals surface area (Å²) < 4.78 is 43.0. The van der Waals surface area contributed by atoms with Crippen LogP contribution in [-0.4, -0.2) is 11.3 Å². The molecular weight excluding hydrogens is 259 g/mol. The van der Waals surface area contributed by atoms with Crippen molar-refractivity contribution in [2.24, 2.45) is 0 Å². The SMILES string of the molecule is O=Cc1cc2cnc3cc(C(F)(F)F)ccc3c2o1. The van der Waals surface area contributed by atoms with Crippen LogP contribution < -0.4 is 0 Å². The van der Waals surface area contributed by atoms with Crippen LogP contribution in [0.3, 0.4) is 0 Å². The molecular formula is C13H6F3NO2. The number of benzene rings is 1. The zero-order valence-electron chi connectivity index (χ0n) is 9.36. The lowest BCUT2D eigenvalue weighted by molar-refractivity contribution is -0.137. The van der Waals surface area contributed by atoms with E-state index in [1.807, 2.05) is 0 Å². The number of carbonyl (C=O) groups is 1. The van der Waals surface area contributed by atoms with Gasteiger partial charge in [0.05, 0.1) is 11.1 Å². The van der Waals surface area contributed by atoms with Crippen LogP contribution in [0.25, 0.3) is 21.9 Å². The maximum absolute atomic E-state index is 12.6. The molecule has 0 bridgehead atoms. The molecule has 0 fully saturated rings. The number of aromatic nitrogens is 1. The number of carbonyl (C=O) groups excluding carboxylic acids is 1. The summed E-state index contributed by atoms with van der Waals surface area (Å²) in [5.41, 5.74) is -0.232. The minimum absolute atomic E-state index is 0.115. The minimum Gasteiger partial charge on any atom is -0.453 e. The predicted molar refractivity (Wildman–Crippen MR) is 61.9 cm³/mol. The van der Waals surface area contributed by atoms with Gasteiger partial charge in [-0.25, -0.2) is 0 Å². The molecule has 3 rings (SSSR count). The molecule has 0 N–H and O–H groups in total. The van der Waals surface area contributed by atoms with Crippen molar-refractivity contribution in [2.45, 2.75) is 6.18 Å². The molecule has 0 saturated heterocycles. The highest BCUT2D eigenvalue weighted by Crippen LogP contribution is 2.33. The van der Waals surface area contributed by atoms with E-state index in [0.29, 0.717) is 22.6 Å². The summed E-state index contributed by atoms with van der Waals surface area (Å²) in [6.45, 7) is 0. The number of hydrogen-bond acceptors (Lipinski definition) is 3. The van der Waals surface area contributed by atoms with Crippen LogP contribution >= 0.6 is 0 Å². The van der Waals surface area contributed by atoms with E-state index in [-0.39, 0.29) is 11.3 Å². The van der Waals surface area contributed by atoms with Gasteiger partial charge in [-0.3, -0.25) is 9.78 Å². The Balaban J connectivity index is 2.32. The highest BCUT2D eigenvalue weighted by molar-refractivity contribution is 6.03. The molecule has 1 aromatic carbocycles. The molecule has 0 unspecified atom stereocenters. The molecule has 0 radical (unpaired) electrons. The zero-order chi connectivity index (χ0) is 13.6. The van der Waals surface area contributed by atoms with Crippen LogP contribution in [0.1, 0.15) is 16.1 Å². The topological polar surface area (TPSA) is 43.1 Å². The number of nitrogens with zero attached hydrogens (tertiary/aromatic N) is 1. The molecule has 2 aromatic heterocycles. The van der Waals surface area contributed by atoms with E-state index in [2.05, 4.69) is 4.98 Å². The van der Waals surface area contributed by atoms with E-state index in [4.69, 9.17) is 4.42 Å². The molecule has 3 nitrogen and oxygen atoms in total. The van der Waals surface area contributed by atoms with Crippen molar-refractivity contribution in [1.82, 2.24) is 4.98 Å². The first kappa shape index (κ1) is 11.7. The molecule has 96 valence electrons. The second-order valence-corrected chi connectivity index (χ2v) is 4.04. The van der Waals surface area contributed by atoms with E-state index in [1.54, 1.807) is 0 Å². The molecule has 0 spiro atoms. The summed E-state index contributed by atoms with van der Waals surface area (Å²) in [6.07, 6.45) is -2.49. The number of alkyl halides is 3. The Hall–Kier alpha value is -2.37. The summed E-state index contributed by atoms with van der Waals surface area (Å²) in [7, 11) is 0. The number of fused-ring (bicyclic) bond motifs is 3. The Morgan fingerprint density at radius 1 is 1.21 bits per heavy atom. The largest absolute Gasteiger partial charge is 0.453 e. The molecule has 0 saturated carbocycles. The molecule has 3 aromatic rings. The Labute approximate surface area is 104 Å². The van der Waals surface area contributed by atoms with Crippen LogP contribution in [-0.2, 0) is 6.18 Å². The molecule has 0 aliphatic carbocycles. The Bertz CT molecular complexity index is 790. The van der Waals surface area contributed by atoms with Gasteiger partial charge in [0.15, 0.2) is 12.0 Å². The van der Waals surface area contributed by atoms with E-state index in [9.17, 15) is 18.0 Å². The minimum atomic E-state index is -4.41. The van der Waals surface area contributed by atoms with Crippen molar-refractivity contribution in [2.75, 3.05) is 0 Å². The molecule has 0 amide bonds. The maximum Gasteiger partial charge on any atom is 0.416 e. The number of furan rings is 1. The van der Waals surface area contributed by atoms with Gasteiger partial charge in [-0.2, -0.15) is 13.2 Å². The van der Waals surface area contributed by atoms with Crippen molar-refractivity contribution in [3.8, 4) is 0 Å². The van der Waals surface area contributed by atoms with Crippen molar-refractivity contribution < 1.29 is 22.4 Å². The number of pyridine rings is 1. The highest BCUT2D eigenvalue weighted by Gasteiger charge is 2.30. The zero-order valence-corrected chi connectivity index (χ0v) is 9.36. The summed E-state index contributed by atoms with van der Waals surface area (Å²) in [6, 6.07) is 4.71. The van der Waals surface area contributed by atoms with E-state index in [0.717, 1.165) is 12.1 Å². The third-order valence-electron chi connectivity index (χ3n) is 2.81. The van der Waals surface area contributed by atoms with Crippen LogP contribution in [0, 0.1) is 0 Å². The van der Waals surface area contributed by atoms with Gasteiger partial charge in [0.2, 0.25) is 0 Å². The molecule has 19 heavy (non-hydrogen) atoms. The van der Waals surface area contributed by atoms with Gasteiger partial charge in [-0.1, -0.05) is 0 Å². The third-order valence-corrected chi connectivity index (χ3v) is 2.81. The summed E-state index contributed by atoms with van der Waals surface area (Å²) >= 11 is 0. The first-order valence-electron chi connectivity index (χ1n) is 5.34. The van der Waals surface area contributed by atoms with Gasteiger partial charge in [-0.05, 0) is 24.3 Å². The van der Waals surface area contributed by atoms with E-state index in [1.165, 1.54) is 18.3 Å². The average molecular weight is 265 g/mol. The quantitative estimate of drug-likeness (QED) is 0.628. The Morgan fingerprint density at radius 2 is 2.00 bits per heavy atom. The number of rotatable bonds is 1. The van der Waals surface area contributed by atoms with Gasteiger partial charge >= 0.3 is 6.18 Å². The second kappa shape index (κ2) is 3.81. The summed E-state index contributed by atoms with van der Waals surface area (Å²) in [4.78, 5) is 14.6. The standard InChI is InChI=1S/C13H6F3NO2/c14-13(15,16)8-1-2-10-11(4-8)17-5-7-3-9(6-18)19-12(7)10/h1-6H. The number of aldehydes is 1. The normalized spacial score (nSPS) is 12.2. The molecule has 2 heterocycles. The van der Waals surface area contributed by atoms with Gasteiger partial charge in [-0.15, -0.1) is 0 Å². The fourth-order valence-corrected chi connectivity index (χ4v) is 1.94. The lowest BCUT2D eigenvalue weighted by Gasteiger charge is -2.07. The lowest BCUT2D eigenvalue weighted by Crippen LogP contribution is -2.04. The summed E-state index contributed by atoms with van der Waals surface area (Å²) in [5, 5.41) is 1.02. The van der Waals surface area contributed by atoms with E-state index >= 15 is 0 Å². The van der Waals surface area contributed by atoms with Crippen LogP contribution in [0.2, 0.25) is 0 Å². The highest BCUT2D eigenvalue weighted by atomic mass is 19.4. The third kappa shape index (κ3) is 1.85. The van der Waals surface area contributed by atoms with Gasteiger partial charge in [0.25, 0.3) is 0 Å². The van der Waals surface area contributed by atoms with Gasteiger partial charge < -0.3 is 4.42 Å². The molecule has 0 aliphatic rings. The average Bonchev–Trinajstić information content (AvgIpc) is 2.80. The second-order valence-electron chi connectivity index (χ2n) is 4.04. The van der Waals surface area contributed by atoms with Crippen LogP contribution in [0.5, 0.6) is 0 Å². The van der Waals surface area contributed by atoms with Crippen molar-refractivity contribution in [3.05, 3.63) is 41.8 Å². The maximum atomic E-state index is 12.6. The van der Waals surface area contributed by atoms with Crippen LogP contribution in [0.4, 0.5) is 13.2 Å². The molecule has 0 atom stereocenters.